The van der Waals surface area contributed by atoms with Crippen LogP contribution in [0.15, 0.2) is 65.5 Å². The van der Waals surface area contributed by atoms with Crippen LogP contribution in [-0.4, -0.2) is 47.2 Å². The molecule has 0 spiro atoms. The molecule has 1 aliphatic rings. The van der Waals surface area contributed by atoms with Crippen LogP contribution in [-0.2, 0) is 7.05 Å². The van der Waals surface area contributed by atoms with Crippen LogP contribution in [0.3, 0.4) is 0 Å². The molecule has 2 aromatic heterocycles. The van der Waals surface area contributed by atoms with Crippen molar-refractivity contribution in [2.45, 2.75) is 19.0 Å². The predicted octanol–water partition coefficient (Wildman–Crippen LogP) is 4.39. The fourth-order valence-electron chi connectivity index (χ4n) is 5.31. The van der Waals surface area contributed by atoms with E-state index >= 15 is 0 Å². The summed E-state index contributed by atoms with van der Waals surface area (Å²) in [6, 6.07) is 17.4. The number of pyridine rings is 2. The number of benzene rings is 2. The van der Waals surface area contributed by atoms with E-state index in [4.69, 9.17) is 4.74 Å². The molecular weight excluding hydrogens is 488 g/mol. The Labute approximate surface area is 219 Å². The Morgan fingerprint density at radius 1 is 1.05 bits per heavy atom. The molecule has 4 aromatic rings. The Balaban J connectivity index is 1.54. The zero-order valence-corrected chi connectivity index (χ0v) is 21.4. The van der Waals surface area contributed by atoms with E-state index in [0.717, 1.165) is 11.1 Å². The number of aryl methyl sites for hydroxylation is 1. The molecule has 194 valence electrons. The van der Waals surface area contributed by atoms with E-state index in [1.807, 2.05) is 0 Å². The Morgan fingerprint density at radius 2 is 1.79 bits per heavy atom. The number of nitrogens with zero attached hydrogens (tertiary/aromatic N) is 5. The highest BCUT2D eigenvalue weighted by atomic mass is 19.1. The van der Waals surface area contributed by atoms with Crippen molar-refractivity contribution >= 4 is 16.7 Å². The lowest BCUT2D eigenvalue weighted by molar-refractivity contribution is 0.185. The highest BCUT2D eigenvalue weighted by Gasteiger charge is 2.33. The molecule has 0 saturated carbocycles. The molecule has 3 heterocycles. The van der Waals surface area contributed by atoms with Crippen LogP contribution in [0.1, 0.15) is 29.8 Å². The molecule has 0 amide bonds. The number of halogens is 2. The number of piperazine rings is 1. The van der Waals surface area contributed by atoms with Crippen LogP contribution in [0.2, 0.25) is 0 Å². The van der Waals surface area contributed by atoms with Crippen LogP contribution in [0.5, 0.6) is 5.75 Å². The minimum absolute atomic E-state index is 0.0408. The van der Waals surface area contributed by atoms with Gasteiger partial charge in [0, 0.05) is 50.4 Å². The maximum Gasteiger partial charge on any atom is 0.252 e. The van der Waals surface area contributed by atoms with Gasteiger partial charge in [-0.2, -0.15) is 5.26 Å². The summed E-state index contributed by atoms with van der Waals surface area (Å²) in [5, 5.41) is 9.40. The molecule has 7 nitrogen and oxygen atoms in total. The van der Waals surface area contributed by atoms with Gasteiger partial charge >= 0.3 is 0 Å². The maximum atomic E-state index is 14.0. The molecule has 0 bridgehead atoms. The van der Waals surface area contributed by atoms with Gasteiger partial charge in [0.05, 0.1) is 24.4 Å². The molecule has 1 unspecified atom stereocenters. The third kappa shape index (κ3) is 4.59. The quantitative estimate of drug-likeness (QED) is 0.393. The SMILES string of the molecule is COc1cc(F)ccc1C(c1ccc(F)cc1)N1CCN(c2cc(=O)n(C)c3ccc(C#N)nc23)[C@@H](C)C1. The van der Waals surface area contributed by atoms with Crippen molar-refractivity contribution in [1.29, 1.82) is 5.26 Å². The minimum Gasteiger partial charge on any atom is -0.496 e. The lowest BCUT2D eigenvalue weighted by Gasteiger charge is -2.45. The molecule has 2 aromatic carbocycles. The molecule has 1 fully saturated rings. The summed E-state index contributed by atoms with van der Waals surface area (Å²) >= 11 is 0. The molecule has 0 N–H and O–H groups in total. The average molecular weight is 516 g/mol. The van der Waals surface area contributed by atoms with Gasteiger partial charge in [-0.25, -0.2) is 13.8 Å². The zero-order valence-electron chi connectivity index (χ0n) is 21.4. The lowest BCUT2D eigenvalue weighted by atomic mass is 9.94. The maximum absolute atomic E-state index is 14.0. The molecule has 0 radical (unpaired) electrons. The molecular formula is C29H27F2N5O2. The first-order chi connectivity index (χ1) is 18.3. The van der Waals surface area contributed by atoms with E-state index in [1.54, 1.807) is 43.4 Å². The van der Waals surface area contributed by atoms with Gasteiger partial charge in [-0.1, -0.05) is 18.2 Å². The summed E-state index contributed by atoms with van der Waals surface area (Å²) in [6.45, 7) is 3.83. The summed E-state index contributed by atoms with van der Waals surface area (Å²) in [4.78, 5) is 21.7. The Kier molecular flexibility index (Phi) is 6.83. The predicted molar refractivity (Wildman–Crippen MR) is 141 cm³/mol. The van der Waals surface area contributed by atoms with Crippen molar-refractivity contribution in [3.63, 3.8) is 0 Å². The van der Waals surface area contributed by atoms with Gasteiger partial charge in [-0.05, 0) is 42.8 Å². The largest absolute Gasteiger partial charge is 0.496 e. The number of methoxy groups -OCH3 is 1. The highest BCUT2D eigenvalue weighted by molar-refractivity contribution is 5.89. The number of rotatable bonds is 5. The molecule has 1 saturated heterocycles. The number of nitriles is 1. The monoisotopic (exact) mass is 515 g/mol. The van der Waals surface area contributed by atoms with Gasteiger partial charge in [-0.15, -0.1) is 0 Å². The summed E-state index contributed by atoms with van der Waals surface area (Å²) in [5.74, 6) is -0.317. The second-order valence-electron chi connectivity index (χ2n) is 9.48. The zero-order chi connectivity index (χ0) is 27.0. The van der Waals surface area contributed by atoms with Crippen LogP contribution >= 0.6 is 0 Å². The summed E-state index contributed by atoms with van der Waals surface area (Å²) < 4.78 is 34.9. The van der Waals surface area contributed by atoms with Gasteiger partial charge in [0.1, 0.15) is 34.7 Å². The number of fused-ring (bicyclic) bond motifs is 1. The Morgan fingerprint density at radius 3 is 2.47 bits per heavy atom. The van der Waals surface area contributed by atoms with E-state index in [-0.39, 0.29) is 29.2 Å². The number of aromatic nitrogens is 2. The average Bonchev–Trinajstić information content (AvgIpc) is 2.92. The van der Waals surface area contributed by atoms with Crippen molar-refractivity contribution in [3.05, 3.63) is 99.5 Å². The van der Waals surface area contributed by atoms with Crippen LogP contribution < -0.4 is 15.2 Å². The highest BCUT2D eigenvalue weighted by Crippen LogP contribution is 2.37. The molecule has 38 heavy (non-hydrogen) atoms. The number of anilines is 1. The van der Waals surface area contributed by atoms with Crippen molar-refractivity contribution in [2.24, 2.45) is 7.05 Å². The van der Waals surface area contributed by atoms with Gasteiger partial charge in [-0.3, -0.25) is 9.69 Å². The van der Waals surface area contributed by atoms with Crippen molar-refractivity contribution < 1.29 is 13.5 Å². The fourth-order valence-corrected chi connectivity index (χ4v) is 5.31. The van der Waals surface area contributed by atoms with E-state index in [9.17, 15) is 18.8 Å². The molecule has 2 atom stereocenters. The number of hydrogen-bond acceptors (Lipinski definition) is 6. The molecule has 1 aliphatic heterocycles. The first-order valence-corrected chi connectivity index (χ1v) is 12.3. The number of hydrogen-bond donors (Lipinski definition) is 0. The van der Waals surface area contributed by atoms with Crippen LogP contribution in [0.4, 0.5) is 14.5 Å². The van der Waals surface area contributed by atoms with E-state index in [1.165, 1.54) is 35.9 Å². The third-order valence-electron chi connectivity index (χ3n) is 7.19. The normalized spacial score (nSPS) is 16.8. The third-order valence-corrected chi connectivity index (χ3v) is 7.19. The van der Waals surface area contributed by atoms with Gasteiger partial charge in [0.2, 0.25) is 0 Å². The van der Waals surface area contributed by atoms with E-state index in [0.29, 0.717) is 42.1 Å². The van der Waals surface area contributed by atoms with Crippen molar-refractivity contribution in [1.82, 2.24) is 14.5 Å². The van der Waals surface area contributed by atoms with E-state index < -0.39 is 5.82 Å². The van der Waals surface area contributed by atoms with Crippen LogP contribution in [0.25, 0.3) is 11.0 Å². The lowest BCUT2D eigenvalue weighted by Crippen LogP contribution is -2.53. The first-order valence-electron chi connectivity index (χ1n) is 12.3. The Bertz CT molecular complexity index is 1600. The van der Waals surface area contributed by atoms with Crippen molar-refractivity contribution in [2.75, 3.05) is 31.6 Å². The number of ether oxygens (including phenoxy) is 1. The first kappa shape index (κ1) is 25.4. The smallest absolute Gasteiger partial charge is 0.252 e. The molecule has 0 aliphatic carbocycles. The van der Waals surface area contributed by atoms with E-state index in [2.05, 4.69) is 27.8 Å². The topological polar surface area (TPSA) is 74.4 Å². The summed E-state index contributed by atoms with van der Waals surface area (Å²) in [6.07, 6.45) is 0. The van der Waals surface area contributed by atoms with Gasteiger partial charge < -0.3 is 14.2 Å². The van der Waals surface area contributed by atoms with Crippen molar-refractivity contribution in [3.8, 4) is 11.8 Å². The summed E-state index contributed by atoms with van der Waals surface area (Å²) in [7, 11) is 3.19. The summed E-state index contributed by atoms with van der Waals surface area (Å²) in [5.41, 5.74) is 3.70. The second kappa shape index (κ2) is 10.2. The van der Waals surface area contributed by atoms with Crippen LogP contribution in [0, 0.1) is 23.0 Å². The molecule has 9 heteroatoms. The second-order valence-corrected chi connectivity index (χ2v) is 9.48. The Hall–Kier alpha value is -4.29. The minimum atomic E-state index is -0.400. The standard InChI is InChI=1S/C29H27F2N5O2/c1-18-17-35(29(19-4-6-20(30)7-5-19)23-10-8-21(31)14-26(23)38-3)12-13-36(18)25-15-27(37)34(2)24-11-9-22(16-32)33-28(24)25/h4-11,14-15,18,29H,12-13,17H2,1-3H3/t18-,29?/m0/s1. The van der Waals surface area contributed by atoms with Gasteiger partial charge in [0.15, 0.2) is 0 Å². The van der Waals surface area contributed by atoms with Gasteiger partial charge in [0.25, 0.3) is 5.56 Å². The molecule has 5 rings (SSSR count). The fraction of sp³-hybridized carbons (Fsp3) is 0.276.